The summed E-state index contributed by atoms with van der Waals surface area (Å²) in [7, 11) is 0. The van der Waals surface area contributed by atoms with Gasteiger partial charge in [0.15, 0.2) is 0 Å². The number of benzene rings is 3. The van der Waals surface area contributed by atoms with Gasteiger partial charge < -0.3 is 15.0 Å². The van der Waals surface area contributed by atoms with Crippen molar-refractivity contribution >= 4 is 17.5 Å². The minimum Gasteiger partial charge on any atom is -0.457 e. The molecule has 0 heterocycles. The molecule has 5 heteroatoms. The topological polar surface area (TPSA) is 58.6 Å². The molecule has 0 atom stereocenters. The highest BCUT2D eigenvalue weighted by atomic mass is 16.5. The molecule has 5 nitrogen and oxygen atoms in total. The van der Waals surface area contributed by atoms with Crippen LogP contribution in [0, 0.1) is 5.92 Å². The van der Waals surface area contributed by atoms with Crippen LogP contribution in [-0.2, 0) is 4.79 Å². The Morgan fingerprint density at radius 2 is 1.45 bits per heavy atom. The Morgan fingerprint density at radius 3 is 2.10 bits per heavy atom. The van der Waals surface area contributed by atoms with Crippen molar-refractivity contribution in [1.82, 2.24) is 5.32 Å². The van der Waals surface area contributed by atoms with Gasteiger partial charge >= 0.3 is 0 Å². The second-order valence-electron chi connectivity index (χ2n) is 7.65. The summed E-state index contributed by atoms with van der Waals surface area (Å²) in [6.45, 7) is 1.07. The van der Waals surface area contributed by atoms with Crippen molar-refractivity contribution < 1.29 is 14.3 Å². The van der Waals surface area contributed by atoms with Crippen LogP contribution < -0.4 is 15.0 Å². The van der Waals surface area contributed by atoms with Gasteiger partial charge in [0.05, 0.1) is 0 Å². The third kappa shape index (κ3) is 5.72. The molecule has 0 spiro atoms. The van der Waals surface area contributed by atoms with Crippen molar-refractivity contribution in [3.05, 3.63) is 90.5 Å². The van der Waals surface area contributed by atoms with Crippen molar-refractivity contribution in [2.75, 3.05) is 18.0 Å². The summed E-state index contributed by atoms with van der Waals surface area (Å²) >= 11 is 0. The van der Waals surface area contributed by atoms with Crippen molar-refractivity contribution in [2.24, 2.45) is 5.92 Å². The molecule has 3 aromatic rings. The van der Waals surface area contributed by atoms with Gasteiger partial charge in [-0.2, -0.15) is 0 Å². The lowest BCUT2D eigenvalue weighted by Crippen LogP contribution is -2.34. The summed E-state index contributed by atoms with van der Waals surface area (Å²) in [5, 5.41) is 2.97. The predicted molar refractivity (Wildman–Crippen MR) is 121 cm³/mol. The van der Waals surface area contributed by atoms with E-state index in [-0.39, 0.29) is 17.7 Å². The molecule has 3 aromatic carbocycles. The number of hydrogen-bond donors (Lipinski definition) is 1. The number of carbonyl (C=O) groups is 2. The number of rotatable bonds is 9. The number of nitrogens with zero attached hydrogens (tertiary/aromatic N) is 1. The highest BCUT2D eigenvalue weighted by Crippen LogP contribution is 2.29. The molecule has 31 heavy (non-hydrogen) atoms. The van der Waals surface area contributed by atoms with E-state index in [1.54, 1.807) is 4.90 Å². The van der Waals surface area contributed by atoms with E-state index in [4.69, 9.17) is 4.74 Å². The highest BCUT2D eigenvalue weighted by Gasteiger charge is 2.29. The SMILES string of the molecule is O=C(NCCCN(C(=O)c1ccccc1)c1ccc(Oc2ccccc2)cc1)C1CC1. The maximum absolute atomic E-state index is 13.2. The summed E-state index contributed by atoms with van der Waals surface area (Å²) in [6, 6.07) is 26.3. The van der Waals surface area contributed by atoms with Crippen LogP contribution in [0.25, 0.3) is 0 Å². The number of amides is 2. The zero-order valence-electron chi connectivity index (χ0n) is 17.4. The van der Waals surface area contributed by atoms with Crippen LogP contribution in [0.1, 0.15) is 29.6 Å². The Morgan fingerprint density at radius 1 is 0.839 bits per heavy atom. The zero-order chi connectivity index (χ0) is 21.5. The molecular formula is C26H26N2O3. The third-order valence-corrected chi connectivity index (χ3v) is 5.20. The minimum atomic E-state index is -0.0640. The second-order valence-corrected chi connectivity index (χ2v) is 7.65. The first-order chi connectivity index (χ1) is 15.2. The van der Waals surface area contributed by atoms with Gasteiger partial charge in [0.2, 0.25) is 5.91 Å². The Hall–Kier alpha value is -3.60. The van der Waals surface area contributed by atoms with Crippen molar-refractivity contribution in [2.45, 2.75) is 19.3 Å². The molecule has 4 rings (SSSR count). The molecule has 1 N–H and O–H groups in total. The summed E-state index contributed by atoms with van der Waals surface area (Å²) < 4.78 is 5.86. The molecule has 1 aliphatic carbocycles. The maximum Gasteiger partial charge on any atom is 0.258 e. The molecule has 0 saturated heterocycles. The summed E-state index contributed by atoms with van der Waals surface area (Å²) in [6.07, 6.45) is 2.66. The standard InChI is InChI=1S/C26H26N2O3/c29-25(20-12-13-20)27-18-7-19-28(26(30)21-8-3-1-4-9-21)22-14-16-24(17-15-22)31-23-10-5-2-6-11-23/h1-6,8-11,14-17,20H,7,12-13,18-19H2,(H,27,29). The molecule has 0 aromatic heterocycles. The molecule has 1 fully saturated rings. The number of nitrogens with one attached hydrogen (secondary N) is 1. The molecule has 0 aliphatic heterocycles. The molecule has 0 radical (unpaired) electrons. The molecule has 0 bridgehead atoms. The van der Waals surface area contributed by atoms with Gasteiger partial charge in [-0.3, -0.25) is 9.59 Å². The van der Waals surface area contributed by atoms with Gasteiger partial charge in [-0.05, 0) is 67.8 Å². The molecular weight excluding hydrogens is 388 g/mol. The minimum absolute atomic E-state index is 0.0640. The first-order valence-corrected chi connectivity index (χ1v) is 10.7. The van der Waals surface area contributed by atoms with Crippen molar-refractivity contribution in [3.8, 4) is 11.5 Å². The van der Waals surface area contributed by atoms with E-state index in [2.05, 4.69) is 5.32 Å². The van der Waals surface area contributed by atoms with Crippen LogP contribution in [-0.4, -0.2) is 24.9 Å². The van der Waals surface area contributed by atoms with Crippen LogP contribution in [0.4, 0.5) is 5.69 Å². The summed E-state index contributed by atoms with van der Waals surface area (Å²) in [5.74, 6) is 1.73. The Bertz CT molecular complexity index is 1000. The van der Waals surface area contributed by atoms with Gasteiger partial charge in [-0.1, -0.05) is 36.4 Å². The van der Waals surface area contributed by atoms with Gasteiger partial charge in [0.1, 0.15) is 11.5 Å². The fourth-order valence-electron chi connectivity index (χ4n) is 3.34. The Labute approximate surface area is 182 Å². The smallest absolute Gasteiger partial charge is 0.258 e. The van der Waals surface area contributed by atoms with E-state index in [9.17, 15) is 9.59 Å². The number of para-hydroxylation sites is 1. The van der Waals surface area contributed by atoms with Gasteiger partial charge in [-0.15, -0.1) is 0 Å². The van der Waals surface area contributed by atoms with Gasteiger partial charge in [0.25, 0.3) is 5.91 Å². The van der Waals surface area contributed by atoms with Gasteiger partial charge in [-0.25, -0.2) is 0 Å². The molecule has 2 amide bonds. The summed E-state index contributed by atoms with van der Waals surface area (Å²) in [5.41, 5.74) is 1.43. The molecule has 1 saturated carbocycles. The highest BCUT2D eigenvalue weighted by molar-refractivity contribution is 6.06. The van der Waals surface area contributed by atoms with E-state index in [0.29, 0.717) is 30.8 Å². The summed E-state index contributed by atoms with van der Waals surface area (Å²) in [4.78, 5) is 26.8. The average Bonchev–Trinajstić information content (AvgIpc) is 3.66. The number of hydrogen-bond acceptors (Lipinski definition) is 3. The quantitative estimate of drug-likeness (QED) is 0.499. The first kappa shape index (κ1) is 20.7. The van der Waals surface area contributed by atoms with Crippen LogP contribution in [0.5, 0.6) is 11.5 Å². The van der Waals surface area contributed by atoms with E-state index >= 15 is 0 Å². The van der Waals surface area contributed by atoms with Crippen molar-refractivity contribution in [1.29, 1.82) is 0 Å². The van der Waals surface area contributed by atoms with Crippen LogP contribution in [0.3, 0.4) is 0 Å². The average molecular weight is 415 g/mol. The Balaban J connectivity index is 1.44. The Kier molecular flexibility index (Phi) is 6.62. The fourth-order valence-corrected chi connectivity index (χ4v) is 3.34. The fraction of sp³-hybridized carbons (Fsp3) is 0.231. The maximum atomic E-state index is 13.2. The predicted octanol–water partition coefficient (Wildman–Crippen LogP) is 5.04. The van der Waals surface area contributed by atoms with E-state index < -0.39 is 0 Å². The zero-order valence-corrected chi connectivity index (χ0v) is 17.4. The normalized spacial score (nSPS) is 12.8. The largest absolute Gasteiger partial charge is 0.457 e. The number of ether oxygens (including phenoxy) is 1. The van der Waals surface area contributed by atoms with E-state index in [1.807, 2.05) is 84.9 Å². The second kappa shape index (κ2) is 9.94. The number of anilines is 1. The van der Waals surface area contributed by atoms with Crippen LogP contribution in [0.15, 0.2) is 84.9 Å². The first-order valence-electron chi connectivity index (χ1n) is 10.7. The van der Waals surface area contributed by atoms with Crippen LogP contribution in [0.2, 0.25) is 0 Å². The van der Waals surface area contributed by atoms with Crippen molar-refractivity contribution in [3.63, 3.8) is 0 Å². The molecule has 158 valence electrons. The number of carbonyl (C=O) groups excluding carboxylic acids is 2. The van der Waals surface area contributed by atoms with E-state index in [0.717, 1.165) is 24.3 Å². The third-order valence-electron chi connectivity index (χ3n) is 5.20. The lowest BCUT2D eigenvalue weighted by Gasteiger charge is -2.23. The van der Waals surface area contributed by atoms with E-state index in [1.165, 1.54) is 0 Å². The van der Waals surface area contributed by atoms with Gasteiger partial charge in [0, 0.05) is 30.3 Å². The monoisotopic (exact) mass is 414 g/mol. The molecule has 1 aliphatic rings. The lowest BCUT2D eigenvalue weighted by molar-refractivity contribution is -0.122. The lowest BCUT2D eigenvalue weighted by atomic mass is 10.1. The van der Waals surface area contributed by atoms with Crippen LogP contribution >= 0.6 is 0 Å². The molecule has 0 unspecified atom stereocenters.